The normalized spacial score (nSPS) is 19.9. The molecule has 1 aliphatic rings. The third-order valence-electron chi connectivity index (χ3n) is 5.36. The summed E-state index contributed by atoms with van der Waals surface area (Å²) in [5.41, 5.74) is 0.241. The van der Waals surface area contributed by atoms with E-state index in [0.29, 0.717) is 29.9 Å². The van der Waals surface area contributed by atoms with Gasteiger partial charge in [-0.25, -0.2) is 4.98 Å². The minimum absolute atomic E-state index is 0.101. The number of benzene rings is 2. The molecule has 0 amide bonds. The summed E-state index contributed by atoms with van der Waals surface area (Å²) in [6, 6.07) is 17.9. The summed E-state index contributed by atoms with van der Waals surface area (Å²) in [5.74, 6) is -0.306. The van der Waals surface area contributed by atoms with Gasteiger partial charge in [0.2, 0.25) is 5.89 Å². The van der Waals surface area contributed by atoms with Crippen LogP contribution < -0.4 is 0 Å². The summed E-state index contributed by atoms with van der Waals surface area (Å²) in [4.78, 5) is 5.99. The predicted molar refractivity (Wildman–Crippen MR) is 101 cm³/mol. The Morgan fingerprint density at radius 2 is 1.83 bits per heavy atom. The molecule has 1 unspecified atom stereocenters. The first kappa shape index (κ1) is 19.2. The van der Waals surface area contributed by atoms with Gasteiger partial charge in [0, 0.05) is 18.7 Å². The lowest BCUT2D eigenvalue weighted by atomic mass is 9.86. The summed E-state index contributed by atoms with van der Waals surface area (Å²) < 4.78 is 47.8. The first-order valence-corrected chi connectivity index (χ1v) is 9.21. The molecule has 4 rings (SSSR count). The summed E-state index contributed by atoms with van der Waals surface area (Å²) >= 11 is 0. The number of nitriles is 1. The molecule has 0 spiro atoms. The molecule has 0 bridgehead atoms. The molecule has 2 aromatic carbocycles. The molecule has 3 aromatic rings. The van der Waals surface area contributed by atoms with E-state index in [-0.39, 0.29) is 18.9 Å². The Labute approximate surface area is 166 Å². The number of rotatable bonds is 4. The molecule has 4 nitrogen and oxygen atoms in total. The van der Waals surface area contributed by atoms with Gasteiger partial charge < -0.3 is 4.42 Å². The Bertz CT molecular complexity index is 1020. The van der Waals surface area contributed by atoms with Crippen molar-refractivity contribution in [3.8, 4) is 17.3 Å². The van der Waals surface area contributed by atoms with Crippen molar-refractivity contribution in [2.75, 3.05) is 13.1 Å². The van der Waals surface area contributed by atoms with E-state index < -0.39 is 11.6 Å². The molecule has 1 aliphatic heterocycles. The molecular weight excluding hydrogens is 379 g/mol. The van der Waals surface area contributed by atoms with Crippen LogP contribution in [0.2, 0.25) is 0 Å². The van der Waals surface area contributed by atoms with Gasteiger partial charge in [-0.15, -0.1) is 0 Å². The molecular formula is C22H18F3N3O. The summed E-state index contributed by atoms with van der Waals surface area (Å²) in [7, 11) is 0. The Kier molecular flexibility index (Phi) is 4.89. The quantitative estimate of drug-likeness (QED) is 0.627. The average Bonchev–Trinajstić information content (AvgIpc) is 3.37. The number of nitrogens with zero attached hydrogens (tertiary/aromatic N) is 3. The van der Waals surface area contributed by atoms with E-state index in [2.05, 4.69) is 4.98 Å². The van der Waals surface area contributed by atoms with E-state index >= 15 is 0 Å². The smallest absolute Gasteiger partial charge is 0.404 e. The molecule has 1 aromatic heterocycles. The van der Waals surface area contributed by atoms with Crippen molar-refractivity contribution in [2.24, 2.45) is 0 Å². The van der Waals surface area contributed by atoms with Crippen LogP contribution in [0.25, 0.3) is 11.3 Å². The van der Waals surface area contributed by atoms with E-state index in [1.54, 1.807) is 29.2 Å². The fourth-order valence-electron chi connectivity index (χ4n) is 3.73. The largest absolute Gasteiger partial charge is 0.447 e. The highest BCUT2D eigenvalue weighted by atomic mass is 19.4. The van der Waals surface area contributed by atoms with Crippen molar-refractivity contribution >= 4 is 0 Å². The zero-order valence-electron chi connectivity index (χ0n) is 15.5. The standard InChI is InChI=1S/C22H18F3N3O/c23-22(24,25)21(10-11-28(15-21)13-17-4-2-1-3-5-17)20-27-19(14-29-20)18-8-6-16(12-26)7-9-18/h1-9,14H,10-11,13,15H2. The second-order valence-electron chi connectivity index (χ2n) is 7.25. The molecule has 7 heteroatoms. The number of aromatic nitrogens is 1. The highest BCUT2D eigenvalue weighted by Crippen LogP contribution is 2.48. The van der Waals surface area contributed by atoms with Gasteiger partial charge in [0.15, 0.2) is 5.41 Å². The molecule has 148 valence electrons. The van der Waals surface area contributed by atoms with Gasteiger partial charge in [0.05, 0.1) is 11.6 Å². The van der Waals surface area contributed by atoms with Gasteiger partial charge in [-0.3, -0.25) is 4.90 Å². The monoisotopic (exact) mass is 397 g/mol. The van der Waals surface area contributed by atoms with E-state index in [1.165, 1.54) is 6.26 Å². The first-order chi connectivity index (χ1) is 13.9. The Morgan fingerprint density at radius 1 is 1.10 bits per heavy atom. The van der Waals surface area contributed by atoms with E-state index in [1.807, 2.05) is 36.4 Å². The zero-order valence-corrected chi connectivity index (χ0v) is 15.5. The van der Waals surface area contributed by atoms with Gasteiger partial charge >= 0.3 is 6.18 Å². The highest BCUT2D eigenvalue weighted by Gasteiger charge is 2.62. The van der Waals surface area contributed by atoms with Gasteiger partial charge in [-0.2, -0.15) is 18.4 Å². The molecule has 29 heavy (non-hydrogen) atoms. The Hall–Kier alpha value is -3.11. The Morgan fingerprint density at radius 3 is 2.48 bits per heavy atom. The fourth-order valence-corrected chi connectivity index (χ4v) is 3.73. The molecule has 0 radical (unpaired) electrons. The lowest BCUT2D eigenvalue weighted by molar-refractivity contribution is -0.193. The summed E-state index contributed by atoms with van der Waals surface area (Å²) in [6.45, 7) is 0.559. The van der Waals surface area contributed by atoms with Crippen molar-refractivity contribution < 1.29 is 17.6 Å². The number of oxazole rings is 1. The van der Waals surface area contributed by atoms with Crippen molar-refractivity contribution in [3.05, 3.63) is 77.9 Å². The number of hydrogen-bond acceptors (Lipinski definition) is 4. The minimum atomic E-state index is -4.48. The van der Waals surface area contributed by atoms with Crippen molar-refractivity contribution in [1.82, 2.24) is 9.88 Å². The number of alkyl halides is 3. The number of halogens is 3. The third kappa shape index (κ3) is 3.64. The van der Waals surface area contributed by atoms with Crippen LogP contribution >= 0.6 is 0 Å². The van der Waals surface area contributed by atoms with Crippen LogP contribution in [0.4, 0.5) is 13.2 Å². The maximum Gasteiger partial charge on any atom is 0.404 e. The van der Waals surface area contributed by atoms with Gasteiger partial charge in [0.1, 0.15) is 12.0 Å². The van der Waals surface area contributed by atoms with Gasteiger partial charge in [0.25, 0.3) is 0 Å². The van der Waals surface area contributed by atoms with Crippen LogP contribution in [0.1, 0.15) is 23.4 Å². The number of hydrogen-bond donors (Lipinski definition) is 0. The maximum atomic E-state index is 14.2. The third-order valence-corrected chi connectivity index (χ3v) is 5.36. The van der Waals surface area contributed by atoms with E-state index in [9.17, 15) is 13.2 Å². The predicted octanol–water partition coefficient (Wildman–Crippen LogP) is 4.92. The minimum Gasteiger partial charge on any atom is -0.447 e. The van der Waals surface area contributed by atoms with E-state index in [4.69, 9.17) is 9.68 Å². The second-order valence-corrected chi connectivity index (χ2v) is 7.25. The summed E-state index contributed by atoms with van der Waals surface area (Å²) in [6.07, 6.45) is -3.33. The molecule has 2 heterocycles. The van der Waals surface area contributed by atoms with Crippen molar-refractivity contribution in [1.29, 1.82) is 5.26 Å². The van der Waals surface area contributed by atoms with Gasteiger partial charge in [-0.05, 0) is 30.7 Å². The molecule has 0 N–H and O–H groups in total. The molecule has 1 fully saturated rings. The highest BCUT2D eigenvalue weighted by molar-refractivity contribution is 5.59. The average molecular weight is 397 g/mol. The van der Waals surface area contributed by atoms with Crippen molar-refractivity contribution in [3.63, 3.8) is 0 Å². The SMILES string of the molecule is N#Cc1ccc(-c2coc(C3(C(F)(F)F)CCN(Cc4ccccc4)C3)n2)cc1. The van der Waals surface area contributed by atoms with Crippen LogP contribution in [0.5, 0.6) is 0 Å². The number of likely N-dealkylation sites (tertiary alicyclic amines) is 1. The molecule has 0 saturated carbocycles. The second kappa shape index (κ2) is 7.37. The first-order valence-electron chi connectivity index (χ1n) is 9.21. The lowest BCUT2D eigenvalue weighted by Crippen LogP contribution is -2.45. The van der Waals surface area contributed by atoms with Crippen molar-refractivity contribution in [2.45, 2.75) is 24.6 Å². The molecule has 1 atom stereocenters. The van der Waals surface area contributed by atoms with E-state index in [0.717, 1.165) is 5.56 Å². The maximum absolute atomic E-state index is 14.2. The summed E-state index contributed by atoms with van der Waals surface area (Å²) in [5, 5.41) is 8.89. The fraction of sp³-hybridized carbons (Fsp3) is 0.273. The molecule has 0 aliphatic carbocycles. The van der Waals surface area contributed by atoms with Crippen LogP contribution in [-0.2, 0) is 12.0 Å². The van der Waals surface area contributed by atoms with Gasteiger partial charge in [-0.1, -0.05) is 42.5 Å². The lowest BCUT2D eigenvalue weighted by Gasteiger charge is -2.28. The zero-order chi connectivity index (χ0) is 20.5. The molecule has 1 saturated heterocycles. The van der Waals surface area contributed by atoms with Crippen LogP contribution in [-0.4, -0.2) is 29.1 Å². The van der Waals surface area contributed by atoms with Crippen LogP contribution in [0.15, 0.2) is 65.3 Å². The van der Waals surface area contributed by atoms with Crippen LogP contribution in [0, 0.1) is 11.3 Å². The van der Waals surface area contributed by atoms with Crippen LogP contribution in [0.3, 0.4) is 0 Å². The topological polar surface area (TPSA) is 53.1 Å². The Balaban J connectivity index is 1.61.